The molecule has 3 nitrogen and oxygen atoms in total. The molecule has 0 spiro atoms. The van der Waals surface area contributed by atoms with E-state index < -0.39 is 0 Å². The normalized spacial score (nSPS) is 31.5. The van der Waals surface area contributed by atoms with Crippen molar-refractivity contribution in [3.63, 3.8) is 0 Å². The minimum Gasteiger partial charge on any atom is -0.390 e. The second-order valence-corrected chi connectivity index (χ2v) is 6.29. The first kappa shape index (κ1) is 11.3. The zero-order chi connectivity index (χ0) is 12.0. The quantitative estimate of drug-likeness (QED) is 0.810. The first-order chi connectivity index (χ1) is 8.09. The highest BCUT2D eigenvalue weighted by Gasteiger charge is 2.42. The molecule has 1 aromatic rings. The van der Waals surface area contributed by atoms with Crippen molar-refractivity contribution in [2.45, 2.75) is 64.5 Å². The van der Waals surface area contributed by atoms with E-state index in [1.54, 1.807) is 0 Å². The van der Waals surface area contributed by atoms with Crippen molar-refractivity contribution >= 4 is 0 Å². The SMILES string of the molecule is CC1(C)CCC(n2cnc3c2CCCC3)C1O. The van der Waals surface area contributed by atoms with E-state index in [0.717, 1.165) is 25.7 Å². The van der Waals surface area contributed by atoms with Crippen molar-refractivity contribution in [3.8, 4) is 0 Å². The largest absolute Gasteiger partial charge is 0.390 e. The molecular formula is C14H22N2O. The molecule has 3 heteroatoms. The number of hydrogen-bond acceptors (Lipinski definition) is 2. The van der Waals surface area contributed by atoms with E-state index in [0.29, 0.717) is 0 Å². The summed E-state index contributed by atoms with van der Waals surface area (Å²) >= 11 is 0. The van der Waals surface area contributed by atoms with E-state index >= 15 is 0 Å². The molecule has 0 aromatic carbocycles. The fourth-order valence-corrected chi connectivity index (χ4v) is 3.42. The van der Waals surface area contributed by atoms with Crippen LogP contribution in [0.1, 0.15) is 57.0 Å². The second-order valence-electron chi connectivity index (χ2n) is 6.29. The Balaban J connectivity index is 1.93. The van der Waals surface area contributed by atoms with Gasteiger partial charge in [-0.3, -0.25) is 0 Å². The molecule has 1 fully saturated rings. The number of nitrogens with zero attached hydrogens (tertiary/aromatic N) is 2. The lowest BCUT2D eigenvalue weighted by Crippen LogP contribution is -2.30. The molecule has 1 heterocycles. The van der Waals surface area contributed by atoms with Gasteiger partial charge in [-0.05, 0) is 43.9 Å². The van der Waals surface area contributed by atoms with E-state index in [1.165, 1.54) is 24.2 Å². The molecule has 2 aliphatic rings. The van der Waals surface area contributed by atoms with Crippen LogP contribution in [0.3, 0.4) is 0 Å². The molecule has 0 saturated heterocycles. The van der Waals surface area contributed by atoms with Gasteiger partial charge in [-0.2, -0.15) is 0 Å². The van der Waals surface area contributed by atoms with Gasteiger partial charge in [-0.15, -0.1) is 0 Å². The zero-order valence-electron chi connectivity index (χ0n) is 10.8. The van der Waals surface area contributed by atoms with Gasteiger partial charge in [-0.25, -0.2) is 4.98 Å². The lowest BCUT2D eigenvalue weighted by Gasteiger charge is -2.27. The molecule has 0 aliphatic heterocycles. The molecular weight excluding hydrogens is 212 g/mol. The summed E-state index contributed by atoms with van der Waals surface area (Å²) in [5.74, 6) is 0. The van der Waals surface area contributed by atoms with Gasteiger partial charge in [0.05, 0.1) is 24.2 Å². The van der Waals surface area contributed by atoms with E-state index in [9.17, 15) is 5.11 Å². The number of aryl methyl sites for hydroxylation is 1. The second kappa shape index (κ2) is 3.84. The molecule has 0 amide bonds. The van der Waals surface area contributed by atoms with Crippen molar-refractivity contribution in [1.29, 1.82) is 0 Å². The first-order valence-electron chi connectivity index (χ1n) is 6.82. The van der Waals surface area contributed by atoms with Crippen molar-refractivity contribution in [2.24, 2.45) is 5.41 Å². The van der Waals surface area contributed by atoms with Gasteiger partial charge in [0, 0.05) is 5.69 Å². The molecule has 17 heavy (non-hydrogen) atoms. The Hall–Kier alpha value is -0.830. The van der Waals surface area contributed by atoms with Crippen LogP contribution in [0.2, 0.25) is 0 Å². The Bertz CT molecular complexity index is 422. The van der Waals surface area contributed by atoms with Gasteiger partial charge in [0.1, 0.15) is 0 Å². The lowest BCUT2D eigenvalue weighted by atomic mass is 9.88. The average Bonchev–Trinajstić information content (AvgIpc) is 2.83. The third-order valence-electron chi connectivity index (χ3n) is 4.67. The summed E-state index contributed by atoms with van der Waals surface area (Å²) in [6.07, 6.45) is 8.71. The van der Waals surface area contributed by atoms with Crippen LogP contribution in [-0.4, -0.2) is 20.8 Å². The van der Waals surface area contributed by atoms with E-state index in [1.807, 2.05) is 6.33 Å². The van der Waals surface area contributed by atoms with Crippen molar-refractivity contribution in [2.75, 3.05) is 0 Å². The third-order valence-corrected chi connectivity index (χ3v) is 4.67. The number of aromatic nitrogens is 2. The Morgan fingerprint density at radius 1 is 1.35 bits per heavy atom. The molecule has 1 N–H and O–H groups in total. The molecule has 2 aliphatic carbocycles. The molecule has 1 saturated carbocycles. The van der Waals surface area contributed by atoms with Gasteiger partial charge >= 0.3 is 0 Å². The smallest absolute Gasteiger partial charge is 0.0955 e. The Labute approximate surface area is 103 Å². The fourth-order valence-electron chi connectivity index (χ4n) is 3.42. The lowest BCUT2D eigenvalue weighted by molar-refractivity contribution is 0.0489. The minimum absolute atomic E-state index is 0.0521. The van der Waals surface area contributed by atoms with Crippen LogP contribution in [0.4, 0.5) is 0 Å². The summed E-state index contributed by atoms with van der Waals surface area (Å²) in [7, 11) is 0. The number of rotatable bonds is 1. The van der Waals surface area contributed by atoms with E-state index in [2.05, 4.69) is 23.4 Å². The van der Waals surface area contributed by atoms with Gasteiger partial charge in [0.25, 0.3) is 0 Å². The predicted octanol–water partition coefficient (Wildman–Crippen LogP) is 2.48. The fraction of sp³-hybridized carbons (Fsp3) is 0.786. The summed E-state index contributed by atoms with van der Waals surface area (Å²) in [5, 5.41) is 10.4. The standard InChI is InChI=1S/C14H22N2O/c1-14(2)8-7-12(13(14)17)16-9-15-10-5-3-4-6-11(10)16/h9,12-13,17H,3-8H2,1-2H3. The topological polar surface area (TPSA) is 38.0 Å². The van der Waals surface area contributed by atoms with Crippen LogP contribution < -0.4 is 0 Å². The highest BCUT2D eigenvalue weighted by molar-refractivity contribution is 5.18. The monoisotopic (exact) mass is 234 g/mol. The van der Waals surface area contributed by atoms with Crippen LogP contribution in [0.25, 0.3) is 0 Å². The molecule has 0 bridgehead atoms. The molecule has 94 valence electrons. The summed E-state index contributed by atoms with van der Waals surface area (Å²) < 4.78 is 2.27. The van der Waals surface area contributed by atoms with Crippen LogP contribution >= 0.6 is 0 Å². The van der Waals surface area contributed by atoms with Crippen LogP contribution in [0.15, 0.2) is 6.33 Å². The molecule has 0 radical (unpaired) electrons. The van der Waals surface area contributed by atoms with Crippen LogP contribution in [0, 0.1) is 5.41 Å². The van der Waals surface area contributed by atoms with Crippen molar-refractivity contribution in [1.82, 2.24) is 9.55 Å². The number of aliphatic hydroxyl groups is 1. The number of hydrogen-bond donors (Lipinski definition) is 1. The molecule has 2 unspecified atom stereocenters. The predicted molar refractivity (Wildman–Crippen MR) is 66.9 cm³/mol. The zero-order valence-corrected chi connectivity index (χ0v) is 10.8. The van der Waals surface area contributed by atoms with Crippen LogP contribution in [0.5, 0.6) is 0 Å². The number of aliphatic hydroxyl groups excluding tert-OH is 1. The number of imidazole rings is 1. The third kappa shape index (κ3) is 1.71. The molecule has 3 rings (SSSR count). The number of fused-ring (bicyclic) bond motifs is 1. The Morgan fingerprint density at radius 3 is 2.82 bits per heavy atom. The average molecular weight is 234 g/mol. The van der Waals surface area contributed by atoms with Crippen LogP contribution in [-0.2, 0) is 12.8 Å². The summed E-state index contributed by atoms with van der Waals surface area (Å²) in [4.78, 5) is 4.54. The van der Waals surface area contributed by atoms with E-state index in [-0.39, 0.29) is 17.6 Å². The first-order valence-corrected chi connectivity index (χ1v) is 6.82. The van der Waals surface area contributed by atoms with Gasteiger partial charge < -0.3 is 9.67 Å². The Morgan fingerprint density at radius 2 is 2.12 bits per heavy atom. The highest BCUT2D eigenvalue weighted by Crippen LogP contribution is 2.44. The maximum Gasteiger partial charge on any atom is 0.0955 e. The summed E-state index contributed by atoms with van der Waals surface area (Å²) in [5.41, 5.74) is 2.71. The Kier molecular flexibility index (Phi) is 2.54. The minimum atomic E-state index is -0.234. The van der Waals surface area contributed by atoms with E-state index in [4.69, 9.17) is 0 Å². The molecule has 1 aromatic heterocycles. The van der Waals surface area contributed by atoms with Crippen molar-refractivity contribution in [3.05, 3.63) is 17.7 Å². The van der Waals surface area contributed by atoms with Crippen molar-refractivity contribution < 1.29 is 5.11 Å². The maximum atomic E-state index is 10.4. The highest BCUT2D eigenvalue weighted by atomic mass is 16.3. The van der Waals surface area contributed by atoms with Gasteiger partial charge in [0.2, 0.25) is 0 Å². The summed E-state index contributed by atoms with van der Waals surface area (Å²) in [6.45, 7) is 4.34. The maximum absolute atomic E-state index is 10.4. The molecule has 2 atom stereocenters. The van der Waals surface area contributed by atoms with Gasteiger partial charge in [-0.1, -0.05) is 13.8 Å². The summed E-state index contributed by atoms with van der Waals surface area (Å²) in [6, 6.07) is 0.249. The van der Waals surface area contributed by atoms with Gasteiger partial charge in [0.15, 0.2) is 0 Å².